The summed E-state index contributed by atoms with van der Waals surface area (Å²) in [4.78, 5) is 17.8. The number of rotatable bonds is 7. The summed E-state index contributed by atoms with van der Waals surface area (Å²) < 4.78 is 1.92. The van der Waals surface area contributed by atoms with Crippen LogP contribution in [0.1, 0.15) is 42.7 Å². The van der Waals surface area contributed by atoms with E-state index in [1.54, 1.807) is 12.7 Å². The highest BCUT2D eigenvalue weighted by molar-refractivity contribution is 5.93. The first-order chi connectivity index (χ1) is 17.2. The van der Waals surface area contributed by atoms with Gasteiger partial charge in [0.1, 0.15) is 12.7 Å². The number of hydrogen-bond donors (Lipinski definition) is 3. The summed E-state index contributed by atoms with van der Waals surface area (Å²) in [6.45, 7) is 2.69. The summed E-state index contributed by atoms with van der Waals surface area (Å²) in [5.74, 6) is 0.567. The van der Waals surface area contributed by atoms with E-state index >= 15 is 0 Å². The fourth-order valence-electron chi connectivity index (χ4n) is 6.13. The van der Waals surface area contributed by atoms with Gasteiger partial charge in [-0.05, 0) is 81.1 Å². The minimum absolute atomic E-state index is 0.151. The van der Waals surface area contributed by atoms with Gasteiger partial charge in [-0.15, -0.1) is 10.2 Å². The Morgan fingerprint density at radius 3 is 2.63 bits per heavy atom. The van der Waals surface area contributed by atoms with Crippen molar-refractivity contribution >= 4 is 16.7 Å². The smallest absolute Gasteiger partial charge is 0.156 e. The minimum atomic E-state index is -0.277. The lowest BCUT2D eigenvalue weighted by atomic mass is 9.67. The highest BCUT2D eigenvalue weighted by Crippen LogP contribution is 2.42. The van der Waals surface area contributed by atoms with Gasteiger partial charge in [0.15, 0.2) is 5.78 Å². The summed E-state index contributed by atoms with van der Waals surface area (Å²) in [6, 6.07) is 16.8. The second-order valence-electron chi connectivity index (χ2n) is 10.1. The van der Waals surface area contributed by atoms with E-state index in [9.17, 15) is 4.79 Å². The van der Waals surface area contributed by atoms with E-state index in [-0.39, 0.29) is 17.4 Å². The molecule has 0 saturated carbocycles. The number of piperidine rings is 1. The van der Waals surface area contributed by atoms with Crippen molar-refractivity contribution in [2.45, 2.75) is 44.1 Å². The Bertz CT molecular complexity index is 1290. The van der Waals surface area contributed by atoms with Crippen LogP contribution in [0.2, 0.25) is 0 Å². The number of aromatic amines is 1. The van der Waals surface area contributed by atoms with Crippen molar-refractivity contribution in [1.29, 1.82) is 0 Å². The van der Waals surface area contributed by atoms with Gasteiger partial charge >= 0.3 is 0 Å². The fraction of sp³-hybridized carbons (Fsp3) is 0.393. The van der Waals surface area contributed by atoms with Crippen LogP contribution in [0.5, 0.6) is 0 Å². The van der Waals surface area contributed by atoms with E-state index in [1.807, 2.05) is 4.57 Å². The first-order valence-electron chi connectivity index (χ1n) is 12.7. The Morgan fingerprint density at radius 1 is 1.03 bits per heavy atom. The molecule has 35 heavy (non-hydrogen) atoms. The Balaban J connectivity index is 1.30. The monoisotopic (exact) mass is 468 g/mol. The number of carbonyl (C=O) groups excluding carboxylic acids is 1. The first-order valence-corrected chi connectivity index (χ1v) is 12.7. The number of Topliss-reactive ketones (excluding diaryl/α,β-unsaturated/α-hetero) is 1. The number of fused-ring (bicyclic) bond motifs is 1. The minimum Gasteiger partial charge on any atom is -0.361 e. The lowest BCUT2D eigenvalue weighted by Crippen LogP contribution is -2.50. The first kappa shape index (κ1) is 22.2. The third kappa shape index (κ3) is 4.19. The largest absolute Gasteiger partial charge is 0.361 e. The molecule has 0 spiro atoms. The van der Waals surface area contributed by atoms with E-state index in [1.165, 1.54) is 16.5 Å². The molecule has 7 heteroatoms. The summed E-state index contributed by atoms with van der Waals surface area (Å²) in [5.41, 5.74) is 4.38. The predicted octanol–water partition coefficient (Wildman–Crippen LogP) is 3.77. The van der Waals surface area contributed by atoms with Crippen LogP contribution in [0, 0.1) is 5.41 Å². The van der Waals surface area contributed by atoms with Crippen molar-refractivity contribution in [2.75, 3.05) is 19.6 Å². The van der Waals surface area contributed by atoms with E-state index in [0.717, 1.165) is 62.9 Å². The second-order valence-corrected chi connectivity index (χ2v) is 10.1. The molecule has 2 aromatic heterocycles. The number of carbonyl (C=O) groups is 1. The van der Waals surface area contributed by atoms with Gasteiger partial charge in [0.2, 0.25) is 0 Å². The highest BCUT2D eigenvalue weighted by atomic mass is 16.1. The second kappa shape index (κ2) is 9.40. The van der Waals surface area contributed by atoms with E-state index in [0.29, 0.717) is 5.78 Å². The van der Waals surface area contributed by atoms with Gasteiger partial charge in [-0.25, -0.2) is 0 Å². The van der Waals surface area contributed by atoms with Gasteiger partial charge in [0, 0.05) is 34.1 Å². The molecule has 2 aliphatic rings. The maximum atomic E-state index is 14.3. The maximum Gasteiger partial charge on any atom is 0.156 e. The van der Waals surface area contributed by atoms with Crippen molar-refractivity contribution in [3.63, 3.8) is 0 Å². The molecular formula is C28H32N6O. The van der Waals surface area contributed by atoms with E-state index in [4.69, 9.17) is 0 Å². The molecule has 2 atom stereocenters. The molecule has 2 fully saturated rings. The van der Waals surface area contributed by atoms with Crippen LogP contribution in [0.3, 0.4) is 0 Å². The molecule has 0 aliphatic carbocycles. The number of aryl methyl sites for hydroxylation is 1. The normalized spacial score (nSPS) is 21.9. The highest BCUT2D eigenvalue weighted by Gasteiger charge is 2.46. The van der Waals surface area contributed by atoms with E-state index < -0.39 is 0 Å². The molecule has 1 unspecified atom stereocenters. The zero-order valence-electron chi connectivity index (χ0n) is 19.9. The molecule has 7 nitrogen and oxygen atoms in total. The number of benzene rings is 2. The third-order valence-corrected chi connectivity index (χ3v) is 8.14. The van der Waals surface area contributed by atoms with Gasteiger partial charge in [-0.2, -0.15) is 0 Å². The lowest BCUT2D eigenvalue weighted by molar-refractivity contribution is -0.133. The van der Waals surface area contributed by atoms with Crippen molar-refractivity contribution in [3.8, 4) is 5.69 Å². The van der Waals surface area contributed by atoms with Gasteiger partial charge in [0.25, 0.3) is 0 Å². The molecule has 2 aromatic carbocycles. The molecule has 2 aliphatic heterocycles. The van der Waals surface area contributed by atoms with E-state index in [2.05, 4.69) is 80.5 Å². The molecule has 4 aromatic rings. The van der Waals surface area contributed by atoms with Gasteiger partial charge in [0.05, 0.1) is 6.04 Å². The summed E-state index contributed by atoms with van der Waals surface area (Å²) in [5, 5.41) is 16.2. The van der Waals surface area contributed by atoms with Crippen LogP contribution in [-0.4, -0.2) is 51.2 Å². The van der Waals surface area contributed by atoms with Crippen molar-refractivity contribution in [3.05, 3.63) is 78.5 Å². The van der Waals surface area contributed by atoms with Crippen molar-refractivity contribution < 1.29 is 4.79 Å². The van der Waals surface area contributed by atoms with Gasteiger partial charge in [-0.3, -0.25) is 9.36 Å². The van der Waals surface area contributed by atoms with Crippen LogP contribution in [0.15, 0.2) is 67.4 Å². The standard InChI is InChI=1S/C28H32N6O/c35-27(28(11-14-29-15-12-28)10-8-20-4-2-1-3-5-20)26-22(9-13-30-26)24-17-31-25-7-6-21(16-23(24)25)34-18-32-33-19-34/h1-7,16-19,22,26,29-31H,8-15H2/t22?,26-/m0/s1. The number of aromatic nitrogens is 4. The average Bonchev–Trinajstić information content (AvgIpc) is 3.68. The number of H-pyrrole nitrogens is 1. The van der Waals surface area contributed by atoms with Crippen LogP contribution < -0.4 is 10.6 Å². The third-order valence-electron chi connectivity index (χ3n) is 8.14. The van der Waals surface area contributed by atoms with Crippen LogP contribution in [0.25, 0.3) is 16.6 Å². The van der Waals surface area contributed by atoms with Crippen molar-refractivity contribution in [2.24, 2.45) is 5.41 Å². The zero-order chi connectivity index (χ0) is 23.7. The molecule has 3 N–H and O–H groups in total. The Labute approximate surface area is 205 Å². The maximum absolute atomic E-state index is 14.3. The van der Waals surface area contributed by atoms with Gasteiger partial charge in [-0.1, -0.05) is 30.3 Å². The Kier molecular flexibility index (Phi) is 5.96. The molecule has 0 bridgehead atoms. The number of ketones is 1. The fourth-order valence-corrected chi connectivity index (χ4v) is 6.13. The molecule has 0 radical (unpaired) electrons. The molecule has 0 amide bonds. The lowest BCUT2D eigenvalue weighted by Gasteiger charge is -2.39. The zero-order valence-corrected chi connectivity index (χ0v) is 19.9. The van der Waals surface area contributed by atoms with Gasteiger partial charge < -0.3 is 15.6 Å². The van der Waals surface area contributed by atoms with Crippen LogP contribution in [-0.2, 0) is 11.2 Å². The predicted molar refractivity (Wildman–Crippen MR) is 137 cm³/mol. The van der Waals surface area contributed by atoms with Crippen molar-refractivity contribution in [1.82, 2.24) is 30.4 Å². The number of nitrogens with zero attached hydrogens (tertiary/aromatic N) is 3. The topological polar surface area (TPSA) is 87.6 Å². The average molecular weight is 469 g/mol. The van der Waals surface area contributed by atoms with Crippen LogP contribution >= 0.6 is 0 Å². The molecular weight excluding hydrogens is 436 g/mol. The SMILES string of the molecule is O=C([C@H]1NCCC1c1c[nH]c2ccc(-n3cnnc3)cc12)C1(CCc2ccccc2)CCNCC1. The van der Waals surface area contributed by atoms with Crippen LogP contribution in [0.4, 0.5) is 0 Å². The summed E-state index contributed by atoms with van der Waals surface area (Å²) in [7, 11) is 0. The quantitative estimate of drug-likeness (QED) is 0.384. The summed E-state index contributed by atoms with van der Waals surface area (Å²) in [6.07, 6.45) is 10.2. The Hall–Kier alpha value is -3.29. The Morgan fingerprint density at radius 2 is 1.83 bits per heavy atom. The summed E-state index contributed by atoms with van der Waals surface area (Å²) >= 11 is 0. The molecule has 6 rings (SSSR count). The number of nitrogens with one attached hydrogen (secondary N) is 3. The molecule has 2 saturated heterocycles. The molecule has 180 valence electrons. The number of hydrogen-bond acceptors (Lipinski definition) is 5. The molecule has 4 heterocycles.